The molecule has 16 heavy (non-hydrogen) atoms. The topological polar surface area (TPSA) is 12.0 Å². The van der Waals surface area contributed by atoms with Gasteiger partial charge in [-0.3, -0.25) is 0 Å². The van der Waals surface area contributed by atoms with Gasteiger partial charge in [0.25, 0.3) is 0 Å². The van der Waals surface area contributed by atoms with Gasteiger partial charge < -0.3 is 5.32 Å². The molecule has 1 saturated carbocycles. The summed E-state index contributed by atoms with van der Waals surface area (Å²) in [6.07, 6.45) is 5.50. The maximum absolute atomic E-state index is 3.64. The minimum absolute atomic E-state index is 0.701. The Labute approximate surface area is 103 Å². The molecule has 2 heteroatoms. The van der Waals surface area contributed by atoms with Crippen LogP contribution < -0.4 is 5.32 Å². The molecule has 0 aliphatic heterocycles. The van der Waals surface area contributed by atoms with Gasteiger partial charge in [0.2, 0.25) is 0 Å². The fraction of sp³-hybridized carbons (Fsp3) is 0.714. The first-order chi connectivity index (χ1) is 7.65. The van der Waals surface area contributed by atoms with Gasteiger partial charge in [0.1, 0.15) is 0 Å². The Bertz CT molecular complexity index is 339. The lowest BCUT2D eigenvalue weighted by Gasteiger charge is -2.12. The van der Waals surface area contributed by atoms with E-state index < -0.39 is 0 Å². The van der Waals surface area contributed by atoms with Gasteiger partial charge in [-0.2, -0.15) is 0 Å². The molecule has 0 saturated heterocycles. The first-order valence-corrected chi connectivity index (χ1v) is 7.26. The van der Waals surface area contributed by atoms with Crippen LogP contribution in [0.5, 0.6) is 0 Å². The summed E-state index contributed by atoms with van der Waals surface area (Å²) in [7, 11) is 0. The van der Waals surface area contributed by atoms with Crippen molar-refractivity contribution in [2.45, 2.75) is 52.5 Å². The van der Waals surface area contributed by atoms with Crippen molar-refractivity contribution in [2.24, 2.45) is 5.92 Å². The number of hydrogen-bond acceptors (Lipinski definition) is 2. The predicted molar refractivity (Wildman–Crippen MR) is 72.3 cm³/mol. The fourth-order valence-electron chi connectivity index (χ4n) is 2.32. The summed E-state index contributed by atoms with van der Waals surface area (Å²) < 4.78 is 0. The van der Waals surface area contributed by atoms with Crippen LogP contribution in [0.15, 0.2) is 6.07 Å². The van der Waals surface area contributed by atoms with Crippen molar-refractivity contribution in [1.29, 1.82) is 0 Å². The summed E-state index contributed by atoms with van der Waals surface area (Å²) in [5, 5.41) is 3.64. The Morgan fingerprint density at radius 2 is 2.19 bits per heavy atom. The van der Waals surface area contributed by atoms with Crippen LogP contribution in [0.25, 0.3) is 0 Å². The molecule has 90 valence electrons. The Morgan fingerprint density at radius 3 is 2.75 bits per heavy atom. The summed E-state index contributed by atoms with van der Waals surface area (Å²) in [5.74, 6) is 1.03. The average molecular weight is 237 g/mol. The van der Waals surface area contributed by atoms with Crippen LogP contribution in [0.3, 0.4) is 0 Å². The van der Waals surface area contributed by atoms with E-state index in [2.05, 4.69) is 32.2 Å². The molecule has 1 N–H and O–H groups in total. The Hall–Kier alpha value is -0.340. The second-order valence-electron chi connectivity index (χ2n) is 5.22. The number of rotatable bonds is 6. The normalized spacial score (nSPS) is 17.7. The first-order valence-electron chi connectivity index (χ1n) is 6.44. The molecule has 0 amide bonds. The lowest BCUT2D eigenvalue weighted by molar-refractivity contribution is 0.491. The second kappa shape index (κ2) is 5.33. The van der Waals surface area contributed by atoms with Crippen LogP contribution in [0.2, 0.25) is 0 Å². The molecule has 1 fully saturated rings. The monoisotopic (exact) mass is 237 g/mol. The lowest BCUT2D eigenvalue weighted by Crippen LogP contribution is -2.28. The van der Waals surface area contributed by atoms with E-state index in [0.29, 0.717) is 6.04 Å². The van der Waals surface area contributed by atoms with Crippen molar-refractivity contribution < 1.29 is 0 Å². The highest BCUT2D eigenvalue weighted by atomic mass is 32.1. The molecule has 0 bridgehead atoms. The van der Waals surface area contributed by atoms with Crippen LogP contribution in [-0.4, -0.2) is 12.6 Å². The quantitative estimate of drug-likeness (QED) is 0.796. The van der Waals surface area contributed by atoms with Crippen molar-refractivity contribution in [3.05, 3.63) is 21.4 Å². The van der Waals surface area contributed by atoms with Crippen LogP contribution in [0.4, 0.5) is 0 Å². The maximum atomic E-state index is 3.64. The Balaban J connectivity index is 1.68. The third-order valence-electron chi connectivity index (χ3n) is 3.41. The molecule has 1 aliphatic carbocycles. The van der Waals surface area contributed by atoms with Crippen LogP contribution in [0, 0.1) is 19.8 Å². The summed E-state index contributed by atoms with van der Waals surface area (Å²) in [4.78, 5) is 2.94. The number of thiophene rings is 1. The van der Waals surface area contributed by atoms with Gasteiger partial charge in [-0.05, 0) is 57.7 Å². The minimum Gasteiger partial charge on any atom is -0.314 e. The van der Waals surface area contributed by atoms with Gasteiger partial charge in [-0.1, -0.05) is 12.8 Å². The maximum Gasteiger partial charge on any atom is 0.00495 e. The van der Waals surface area contributed by atoms with Crippen molar-refractivity contribution >= 4 is 11.3 Å². The highest BCUT2D eigenvalue weighted by molar-refractivity contribution is 7.12. The lowest BCUT2D eigenvalue weighted by atomic mass is 10.1. The SMILES string of the molecule is Cc1cc(CCNC(C)CC2CC2)c(C)s1. The average Bonchev–Trinajstić information content (AvgIpc) is 2.94. The molecule has 0 radical (unpaired) electrons. The molecular weight excluding hydrogens is 214 g/mol. The van der Waals surface area contributed by atoms with Crippen molar-refractivity contribution in [2.75, 3.05) is 6.54 Å². The summed E-state index contributed by atoms with van der Waals surface area (Å²) in [6, 6.07) is 3.04. The standard InChI is InChI=1S/C14H23NS/c1-10(8-13-4-5-13)15-7-6-14-9-11(2)16-12(14)3/h9-10,13,15H,4-8H2,1-3H3. The fourth-order valence-corrected chi connectivity index (χ4v) is 3.30. The van der Waals surface area contributed by atoms with Gasteiger partial charge in [0, 0.05) is 15.8 Å². The summed E-state index contributed by atoms with van der Waals surface area (Å²) in [5.41, 5.74) is 1.54. The van der Waals surface area contributed by atoms with E-state index >= 15 is 0 Å². The molecule has 0 spiro atoms. The highest BCUT2D eigenvalue weighted by Gasteiger charge is 2.23. The Morgan fingerprint density at radius 1 is 1.44 bits per heavy atom. The van der Waals surface area contributed by atoms with E-state index in [9.17, 15) is 0 Å². The third-order valence-corrected chi connectivity index (χ3v) is 4.42. The number of nitrogens with one attached hydrogen (secondary N) is 1. The van der Waals surface area contributed by atoms with E-state index in [1.54, 1.807) is 0 Å². The molecule has 2 rings (SSSR count). The molecular formula is C14H23NS. The molecule has 1 aromatic heterocycles. The molecule has 0 aromatic carbocycles. The van der Waals surface area contributed by atoms with Gasteiger partial charge in [0.15, 0.2) is 0 Å². The molecule has 1 atom stereocenters. The first kappa shape index (κ1) is 12.1. The van der Waals surface area contributed by atoms with Crippen LogP contribution >= 0.6 is 11.3 Å². The summed E-state index contributed by atoms with van der Waals surface area (Å²) >= 11 is 1.92. The molecule has 1 heterocycles. The zero-order valence-electron chi connectivity index (χ0n) is 10.7. The van der Waals surface area contributed by atoms with Crippen molar-refractivity contribution in [3.63, 3.8) is 0 Å². The minimum atomic E-state index is 0.701. The largest absolute Gasteiger partial charge is 0.314 e. The molecule has 1 aliphatic rings. The zero-order valence-corrected chi connectivity index (χ0v) is 11.5. The van der Waals surface area contributed by atoms with Gasteiger partial charge in [-0.15, -0.1) is 11.3 Å². The van der Waals surface area contributed by atoms with E-state index in [-0.39, 0.29) is 0 Å². The highest BCUT2D eigenvalue weighted by Crippen LogP contribution is 2.33. The second-order valence-corrected chi connectivity index (χ2v) is 6.68. The van der Waals surface area contributed by atoms with Crippen LogP contribution in [-0.2, 0) is 6.42 Å². The number of aryl methyl sites for hydroxylation is 2. The molecule has 1 aromatic rings. The predicted octanol–water partition coefficient (Wildman–Crippen LogP) is 3.69. The molecule has 1 unspecified atom stereocenters. The van der Waals surface area contributed by atoms with E-state index in [0.717, 1.165) is 12.5 Å². The molecule has 1 nitrogen and oxygen atoms in total. The van der Waals surface area contributed by atoms with Crippen molar-refractivity contribution in [1.82, 2.24) is 5.32 Å². The van der Waals surface area contributed by atoms with Crippen LogP contribution in [0.1, 0.15) is 41.5 Å². The van der Waals surface area contributed by atoms with Crippen molar-refractivity contribution in [3.8, 4) is 0 Å². The Kier molecular flexibility index (Phi) is 4.04. The zero-order chi connectivity index (χ0) is 11.5. The smallest absolute Gasteiger partial charge is 0.00495 e. The van der Waals surface area contributed by atoms with Gasteiger partial charge >= 0.3 is 0 Å². The van der Waals surface area contributed by atoms with Gasteiger partial charge in [0.05, 0.1) is 0 Å². The summed E-state index contributed by atoms with van der Waals surface area (Å²) in [6.45, 7) is 7.89. The third kappa shape index (κ3) is 3.60. The van der Waals surface area contributed by atoms with E-state index in [1.165, 1.54) is 41.0 Å². The van der Waals surface area contributed by atoms with E-state index in [4.69, 9.17) is 0 Å². The van der Waals surface area contributed by atoms with E-state index in [1.807, 2.05) is 11.3 Å². The number of hydrogen-bond donors (Lipinski definition) is 1. The van der Waals surface area contributed by atoms with Gasteiger partial charge in [-0.25, -0.2) is 0 Å².